The number of sulfone groups is 1. The normalized spacial score (nSPS) is 16.1. The fraction of sp³-hybridized carbons (Fsp3) is 0.318. The predicted molar refractivity (Wildman–Crippen MR) is 115 cm³/mol. The van der Waals surface area contributed by atoms with Gasteiger partial charge in [0.2, 0.25) is 17.6 Å². The van der Waals surface area contributed by atoms with Gasteiger partial charge in [0.25, 0.3) is 0 Å². The number of aromatic nitrogens is 2. The number of aryl methyl sites for hydroxylation is 1. The van der Waals surface area contributed by atoms with E-state index in [1.807, 2.05) is 31.2 Å². The number of fused-ring (bicyclic) bond motifs is 1. The third-order valence-electron chi connectivity index (χ3n) is 5.29. The first-order valence-corrected chi connectivity index (χ1v) is 11.8. The molecule has 1 aliphatic heterocycles. The van der Waals surface area contributed by atoms with Crippen molar-refractivity contribution in [2.24, 2.45) is 0 Å². The molecule has 4 rings (SSSR count). The lowest BCUT2D eigenvalue weighted by Crippen LogP contribution is -2.45. The van der Waals surface area contributed by atoms with E-state index < -0.39 is 27.3 Å². The van der Waals surface area contributed by atoms with Crippen LogP contribution in [0, 0.1) is 0 Å². The Morgan fingerprint density at radius 1 is 1.19 bits per heavy atom. The summed E-state index contributed by atoms with van der Waals surface area (Å²) in [6.07, 6.45) is 1.65. The Labute approximate surface area is 180 Å². The summed E-state index contributed by atoms with van der Waals surface area (Å²) < 4.78 is 35.9. The molecule has 0 fully saturated rings. The molecule has 0 N–H and O–H groups in total. The van der Waals surface area contributed by atoms with Crippen LogP contribution in [0.3, 0.4) is 0 Å². The molecule has 1 atom stereocenters. The minimum absolute atomic E-state index is 0.0687. The molecule has 1 amide bonds. The van der Waals surface area contributed by atoms with Crippen molar-refractivity contribution in [1.82, 2.24) is 10.1 Å². The maximum atomic E-state index is 13.0. The van der Waals surface area contributed by atoms with Crippen LogP contribution in [0.2, 0.25) is 0 Å². The fourth-order valence-corrected chi connectivity index (χ4v) is 4.93. The number of benzene rings is 2. The minimum atomic E-state index is -3.81. The summed E-state index contributed by atoms with van der Waals surface area (Å²) in [6.45, 7) is 1.93. The second kappa shape index (κ2) is 8.50. The van der Waals surface area contributed by atoms with Crippen molar-refractivity contribution < 1.29 is 22.5 Å². The van der Waals surface area contributed by atoms with Gasteiger partial charge < -0.3 is 14.2 Å². The molecular weight excluding hydrogens is 418 g/mol. The van der Waals surface area contributed by atoms with E-state index in [9.17, 15) is 13.2 Å². The van der Waals surface area contributed by atoms with Gasteiger partial charge in [0.1, 0.15) is 17.3 Å². The van der Waals surface area contributed by atoms with E-state index in [2.05, 4.69) is 10.1 Å². The third kappa shape index (κ3) is 4.46. The molecule has 9 heteroatoms. The lowest BCUT2D eigenvalue weighted by molar-refractivity contribution is -0.116. The summed E-state index contributed by atoms with van der Waals surface area (Å²) in [5.74, 6) is -0.883. The van der Waals surface area contributed by atoms with E-state index in [1.54, 1.807) is 29.2 Å². The molecule has 0 saturated carbocycles. The number of carbonyl (C=O) groups excluding carboxylic acids is 1. The second-order valence-electron chi connectivity index (χ2n) is 7.52. The number of carbonyl (C=O) groups is 1. The van der Waals surface area contributed by atoms with Gasteiger partial charge in [0.05, 0.1) is 12.7 Å². The van der Waals surface area contributed by atoms with Crippen molar-refractivity contribution in [3.05, 3.63) is 60.0 Å². The van der Waals surface area contributed by atoms with Crippen LogP contribution in [0.1, 0.15) is 24.8 Å². The van der Waals surface area contributed by atoms with Crippen LogP contribution in [-0.2, 0) is 26.8 Å². The number of hydrogen-bond donors (Lipinski definition) is 0. The Kier molecular flexibility index (Phi) is 5.77. The van der Waals surface area contributed by atoms with Crippen LogP contribution in [0.25, 0.3) is 11.4 Å². The van der Waals surface area contributed by atoms with E-state index >= 15 is 0 Å². The van der Waals surface area contributed by atoms with Gasteiger partial charge >= 0.3 is 0 Å². The van der Waals surface area contributed by atoms with Crippen molar-refractivity contribution in [2.45, 2.75) is 31.6 Å². The SMILES string of the molecule is COc1ccccc1-c1noc(CS(=O)(=O)CC(=O)N2c3ccccc3CCC2C)n1. The molecule has 31 heavy (non-hydrogen) atoms. The van der Waals surface area contributed by atoms with Crippen LogP contribution < -0.4 is 9.64 Å². The Morgan fingerprint density at radius 2 is 1.94 bits per heavy atom. The summed E-state index contributed by atoms with van der Waals surface area (Å²) >= 11 is 0. The monoisotopic (exact) mass is 441 g/mol. The largest absolute Gasteiger partial charge is 0.496 e. The number of nitrogens with zero attached hydrogens (tertiary/aromatic N) is 3. The summed E-state index contributed by atoms with van der Waals surface area (Å²) in [4.78, 5) is 18.7. The molecule has 0 bridgehead atoms. The van der Waals surface area contributed by atoms with Gasteiger partial charge in [-0.05, 0) is 43.5 Å². The maximum Gasteiger partial charge on any atom is 0.242 e. The van der Waals surface area contributed by atoms with E-state index in [4.69, 9.17) is 9.26 Å². The quantitative estimate of drug-likeness (QED) is 0.579. The van der Waals surface area contributed by atoms with E-state index in [1.165, 1.54) is 7.11 Å². The van der Waals surface area contributed by atoms with Gasteiger partial charge in [-0.1, -0.05) is 35.5 Å². The molecule has 3 aromatic rings. The summed E-state index contributed by atoms with van der Waals surface area (Å²) in [5.41, 5.74) is 2.41. The van der Waals surface area contributed by atoms with Crippen molar-refractivity contribution in [2.75, 3.05) is 17.8 Å². The summed E-state index contributed by atoms with van der Waals surface area (Å²) in [5, 5.41) is 3.86. The number of para-hydroxylation sites is 2. The van der Waals surface area contributed by atoms with Crippen LogP contribution in [0.4, 0.5) is 5.69 Å². The minimum Gasteiger partial charge on any atom is -0.496 e. The topological polar surface area (TPSA) is 103 Å². The average molecular weight is 442 g/mol. The number of methoxy groups -OCH3 is 1. The Morgan fingerprint density at radius 3 is 2.74 bits per heavy atom. The smallest absolute Gasteiger partial charge is 0.242 e. The van der Waals surface area contributed by atoms with Crippen molar-refractivity contribution in [3.63, 3.8) is 0 Å². The molecule has 8 nitrogen and oxygen atoms in total. The zero-order valence-electron chi connectivity index (χ0n) is 17.3. The van der Waals surface area contributed by atoms with Gasteiger partial charge in [-0.15, -0.1) is 0 Å². The van der Waals surface area contributed by atoms with Gasteiger partial charge in [-0.2, -0.15) is 4.98 Å². The van der Waals surface area contributed by atoms with Crippen LogP contribution in [0.15, 0.2) is 53.1 Å². The van der Waals surface area contributed by atoms with Gasteiger partial charge in [0, 0.05) is 11.7 Å². The number of amides is 1. The standard InChI is InChI=1S/C22H23N3O5S/c1-15-11-12-16-7-3-5-9-18(16)25(15)21(26)14-31(27,28)13-20-23-22(24-30-20)17-8-4-6-10-19(17)29-2/h3-10,15H,11-14H2,1-2H3. The summed E-state index contributed by atoms with van der Waals surface area (Å²) in [6, 6.07) is 14.6. The fourth-order valence-electron chi connectivity index (χ4n) is 3.82. The number of anilines is 1. The number of hydrogen-bond acceptors (Lipinski definition) is 7. The molecule has 1 aromatic heterocycles. The van der Waals surface area contributed by atoms with Gasteiger partial charge in [-0.3, -0.25) is 4.79 Å². The second-order valence-corrected chi connectivity index (χ2v) is 9.59. The first kappa shape index (κ1) is 21.0. The number of ether oxygens (including phenoxy) is 1. The van der Waals surface area contributed by atoms with E-state index in [-0.39, 0.29) is 17.8 Å². The predicted octanol–water partition coefficient (Wildman–Crippen LogP) is 3.03. The first-order chi connectivity index (χ1) is 14.9. The first-order valence-electron chi connectivity index (χ1n) is 9.94. The molecule has 0 spiro atoms. The Hall–Kier alpha value is -3.20. The van der Waals surface area contributed by atoms with Gasteiger partial charge in [-0.25, -0.2) is 8.42 Å². The molecule has 1 aliphatic rings. The molecule has 0 aliphatic carbocycles. The molecule has 2 heterocycles. The van der Waals surface area contributed by atoms with Crippen LogP contribution >= 0.6 is 0 Å². The molecule has 2 aromatic carbocycles. The van der Waals surface area contributed by atoms with Crippen molar-refractivity contribution in [1.29, 1.82) is 0 Å². The zero-order chi connectivity index (χ0) is 22.0. The highest BCUT2D eigenvalue weighted by Gasteiger charge is 2.31. The van der Waals surface area contributed by atoms with Crippen molar-refractivity contribution in [3.8, 4) is 17.1 Å². The summed E-state index contributed by atoms with van der Waals surface area (Å²) in [7, 11) is -2.29. The average Bonchev–Trinajstić information content (AvgIpc) is 3.20. The maximum absolute atomic E-state index is 13.0. The van der Waals surface area contributed by atoms with Gasteiger partial charge in [0.15, 0.2) is 9.84 Å². The zero-order valence-corrected chi connectivity index (χ0v) is 18.1. The highest BCUT2D eigenvalue weighted by molar-refractivity contribution is 7.91. The lowest BCUT2D eigenvalue weighted by atomic mass is 9.97. The van der Waals surface area contributed by atoms with E-state index in [0.29, 0.717) is 11.3 Å². The molecule has 0 saturated heterocycles. The highest BCUT2D eigenvalue weighted by atomic mass is 32.2. The Balaban J connectivity index is 1.50. The molecule has 162 valence electrons. The molecule has 0 radical (unpaired) electrons. The molecular formula is C22H23N3O5S. The van der Waals surface area contributed by atoms with Crippen LogP contribution in [0.5, 0.6) is 5.75 Å². The van der Waals surface area contributed by atoms with Crippen LogP contribution in [-0.4, -0.2) is 43.4 Å². The Bertz CT molecular complexity index is 1210. The van der Waals surface area contributed by atoms with Crippen molar-refractivity contribution >= 4 is 21.4 Å². The highest BCUT2D eigenvalue weighted by Crippen LogP contribution is 2.31. The lowest BCUT2D eigenvalue weighted by Gasteiger charge is -2.35. The van der Waals surface area contributed by atoms with E-state index in [0.717, 1.165) is 24.1 Å². The third-order valence-corrected chi connectivity index (χ3v) is 6.67. The number of rotatable bonds is 6. The molecule has 1 unspecified atom stereocenters.